The van der Waals surface area contributed by atoms with Crippen molar-refractivity contribution in [3.63, 3.8) is 0 Å². The molecule has 4 nitrogen and oxygen atoms in total. The van der Waals surface area contributed by atoms with Gasteiger partial charge in [-0.2, -0.15) is 0 Å². The van der Waals surface area contributed by atoms with Gasteiger partial charge in [-0.1, -0.05) is 12.1 Å². The first-order chi connectivity index (χ1) is 11.4. The Morgan fingerprint density at radius 2 is 1.79 bits per heavy atom. The zero-order chi connectivity index (χ0) is 17.4. The molecule has 0 radical (unpaired) electrons. The molecule has 0 bridgehead atoms. The predicted octanol–water partition coefficient (Wildman–Crippen LogP) is 3.17. The molecule has 3 aromatic rings. The van der Waals surface area contributed by atoms with Crippen LogP contribution in [0, 0.1) is 17.5 Å². The van der Waals surface area contributed by atoms with E-state index in [9.17, 15) is 22.8 Å². The summed E-state index contributed by atoms with van der Waals surface area (Å²) in [6, 6.07) is 6.89. The van der Waals surface area contributed by atoms with E-state index in [1.165, 1.54) is 22.8 Å². The Hall–Kier alpha value is -3.09. The van der Waals surface area contributed by atoms with Crippen molar-refractivity contribution in [1.82, 2.24) is 4.57 Å². The van der Waals surface area contributed by atoms with Crippen molar-refractivity contribution in [1.29, 1.82) is 0 Å². The van der Waals surface area contributed by atoms with E-state index in [-0.39, 0.29) is 17.4 Å². The number of rotatable bonds is 3. The average Bonchev–Trinajstić information content (AvgIpc) is 2.53. The SMILES string of the molecule is O=C(O)c1cn(Cc2ccc(F)c(F)c2)c2c(F)cccc2c1=O. The predicted molar refractivity (Wildman–Crippen MR) is 80.6 cm³/mol. The number of pyridine rings is 1. The van der Waals surface area contributed by atoms with Crippen molar-refractivity contribution in [2.75, 3.05) is 0 Å². The second kappa shape index (κ2) is 5.84. The van der Waals surface area contributed by atoms with Crippen LogP contribution in [-0.2, 0) is 6.54 Å². The van der Waals surface area contributed by atoms with Crippen LogP contribution in [0.3, 0.4) is 0 Å². The van der Waals surface area contributed by atoms with E-state index >= 15 is 0 Å². The number of aromatic carboxylic acids is 1. The summed E-state index contributed by atoms with van der Waals surface area (Å²) in [5.41, 5.74) is -1.15. The molecule has 1 heterocycles. The monoisotopic (exact) mass is 333 g/mol. The van der Waals surface area contributed by atoms with E-state index in [4.69, 9.17) is 5.11 Å². The third kappa shape index (κ3) is 2.64. The van der Waals surface area contributed by atoms with Gasteiger partial charge in [-0.05, 0) is 29.8 Å². The van der Waals surface area contributed by atoms with Gasteiger partial charge in [-0.3, -0.25) is 4.79 Å². The highest BCUT2D eigenvalue weighted by molar-refractivity contribution is 5.92. The molecule has 7 heteroatoms. The number of benzene rings is 2. The van der Waals surface area contributed by atoms with Crippen LogP contribution in [0.5, 0.6) is 0 Å². The first kappa shape index (κ1) is 15.8. The van der Waals surface area contributed by atoms with Gasteiger partial charge in [0.2, 0.25) is 5.43 Å². The molecular formula is C17H10F3NO3. The number of halogens is 3. The van der Waals surface area contributed by atoms with Crippen LogP contribution in [0.15, 0.2) is 47.4 Å². The van der Waals surface area contributed by atoms with Crippen molar-refractivity contribution in [3.05, 3.63) is 81.4 Å². The molecule has 0 unspecified atom stereocenters. The minimum atomic E-state index is -1.45. The van der Waals surface area contributed by atoms with E-state index in [1.807, 2.05) is 0 Å². The molecule has 2 aromatic carbocycles. The van der Waals surface area contributed by atoms with Crippen LogP contribution in [-0.4, -0.2) is 15.6 Å². The highest BCUT2D eigenvalue weighted by Gasteiger charge is 2.17. The lowest BCUT2D eigenvalue weighted by Crippen LogP contribution is -2.20. The van der Waals surface area contributed by atoms with Crippen molar-refractivity contribution >= 4 is 16.9 Å². The number of carbonyl (C=O) groups is 1. The number of carboxylic acid groups (broad SMARTS) is 1. The van der Waals surface area contributed by atoms with Crippen LogP contribution in [0.4, 0.5) is 13.2 Å². The Bertz CT molecular complexity index is 1030. The van der Waals surface area contributed by atoms with Crippen LogP contribution >= 0.6 is 0 Å². The fourth-order valence-electron chi connectivity index (χ4n) is 2.53. The van der Waals surface area contributed by atoms with Gasteiger partial charge in [-0.25, -0.2) is 18.0 Å². The fourth-order valence-corrected chi connectivity index (χ4v) is 2.53. The molecule has 1 aromatic heterocycles. The van der Waals surface area contributed by atoms with Gasteiger partial charge in [0.1, 0.15) is 11.4 Å². The molecule has 1 N–H and O–H groups in total. The third-order valence-electron chi connectivity index (χ3n) is 3.62. The van der Waals surface area contributed by atoms with Crippen LogP contribution in [0.1, 0.15) is 15.9 Å². The second-order valence-electron chi connectivity index (χ2n) is 5.19. The molecule has 122 valence electrons. The van der Waals surface area contributed by atoms with Crippen LogP contribution < -0.4 is 5.43 Å². The maximum atomic E-state index is 14.2. The van der Waals surface area contributed by atoms with Gasteiger partial charge in [0.25, 0.3) is 0 Å². The molecule has 0 atom stereocenters. The maximum Gasteiger partial charge on any atom is 0.341 e. The normalized spacial score (nSPS) is 11.0. The number of aromatic nitrogens is 1. The molecule has 0 aliphatic heterocycles. The Balaban J connectivity index is 2.26. The van der Waals surface area contributed by atoms with Crippen molar-refractivity contribution < 1.29 is 23.1 Å². The summed E-state index contributed by atoms with van der Waals surface area (Å²) in [5.74, 6) is -4.27. The molecule has 0 spiro atoms. The highest BCUT2D eigenvalue weighted by atomic mass is 19.2. The summed E-state index contributed by atoms with van der Waals surface area (Å²) in [5, 5.41) is 9.05. The zero-order valence-electron chi connectivity index (χ0n) is 12.1. The first-order valence-corrected chi connectivity index (χ1v) is 6.87. The first-order valence-electron chi connectivity index (χ1n) is 6.87. The number of hydrogen-bond acceptors (Lipinski definition) is 2. The minimum absolute atomic E-state index is 0.0996. The quantitative estimate of drug-likeness (QED) is 0.801. The van der Waals surface area contributed by atoms with Crippen molar-refractivity contribution in [2.45, 2.75) is 6.54 Å². The Labute approximate surface area is 133 Å². The molecule has 24 heavy (non-hydrogen) atoms. The molecule has 0 aliphatic rings. The lowest BCUT2D eigenvalue weighted by molar-refractivity contribution is 0.0695. The van der Waals surface area contributed by atoms with E-state index in [0.717, 1.165) is 24.4 Å². The topological polar surface area (TPSA) is 59.3 Å². The number of nitrogens with zero attached hydrogens (tertiary/aromatic N) is 1. The van der Waals surface area contributed by atoms with E-state index in [1.54, 1.807) is 0 Å². The van der Waals surface area contributed by atoms with Crippen molar-refractivity contribution in [2.24, 2.45) is 0 Å². The van der Waals surface area contributed by atoms with Gasteiger partial charge in [-0.15, -0.1) is 0 Å². The van der Waals surface area contributed by atoms with E-state index in [0.29, 0.717) is 5.56 Å². The molecule has 0 saturated heterocycles. The van der Waals surface area contributed by atoms with Crippen LogP contribution in [0.25, 0.3) is 10.9 Å². The average molecular weight is 333 g/mol. The van der Waals surface area contributed by atoms with Gasteiger partial charge in [0.05, 0.1) is 5.52 Å². The largest absolute Gasteiger partial charge is 0.477 e. The molecule has 0 saturated carbocycles. The van der Waals surface area contributed by atoms with Gasteiger partial charge >= 0.3 is 5.97 Å². The lowest BCUT2D eigenvalue weighted by atomic mass is 10.1. The summed E-state index contributed by atoms with van der Waals surface area (Å²) in [7, 11) is 0. The summed E-state index contributed by atoms with van der Waals surface area (Å²) >= 11 is 0. The Kier molecular flexibility index (Phi) is 3.84. The van der Waals surface area contributed by atoms with Gasteiger partial charge < -0.3 is 9.67 Å². The third-order valence-corrected chi connectivity index (χ3v) is 3.62. The number of fused-ring (bicyclic) bond motifs is 1. The molecule has 3 rings (SSSR count). The molecular weight excluding hydrogens is 323 g/mol. The van der Waals surface area contributed by atoms with E-state index in [2.05, 4.69) is 0 Å². The Morgan fingerprint density at radius 3 is 2.46 bits per heavy atom. The summed E-state index contributed by atoms with van der Waals surface area (Å²) in [6.07, 6.45) is 0.997. The highest BCUT2D eigenvalue weighted by Crippen LogP contribution is 2.18. The van der Waals surface area contributed by atoms with Crippen molar-refractivity contribution in [3.8, 4) is 0 Å². The standard InChI is InChI=1S/C17H10F3NO3/c18-12-5-4-9(6-14(12)20)7-21-8-11(17(23)24)16(22)10-2-1-3-13(19)15(10)21/h1-6,8H,7H2,(H,23,24). The fraction of sp³-hybridized carbons (Fsp3) is 0.0588. The van der Waals surface area contributed by atoms with E-state index < -0.39 is 34.4 Å². The molecule has 0 aliphatic carbocycles. The molecule has 0 amide bonds. The minimum Gasteiger partial charge on any atom is -0.477 e. The second-order valence-corrected chi connectivity index (χ2v) is 5.19. The van der Waals surface area contributed by atoms with Crippen LogP contribution in [0.2, 0.25) is 0 Å². The number of hydrogen-bond donors (Lipinski definition) is 1. The smallest absolute Gasteiger partial charge is 0.341 e. The summed E-state index contributed by atoms with van der Waals surface area (Å²) < 4.78 is 41.7. The maximum absolute atomic E-state index is 14.2. The summed E-state index contributed by atoms with van der Waals surface area (Å²) in [6.45, 7) is -0.130. The van der Waals surface area contributed by atoms with Gasteiger partial charge in [0, 0.05) is 18.1 Å². The zero-order valence-corrected chi connectivity index (χ0v) is 12.1. The lowest BCUT2D eigenvalue weighted by Gasteiger charge is -2.13. The Morgan fingerprint density at radius 1 is 1.04 bits per heavy atom. The molecule has 0 fully saturated rings. The summed E-state index contributed by atoms with van der Waals surface area (Å²) in [4.78, 5) is 23.4. The number of para-hydroxylation sites is 1. The van der Waals surface area contributed by atoms with Gasteiger partial charge in [0.15, 0.2) is 11.6 Å². The number of carboxylic acids is 1.